The highest BCUT2D eigenvalue weighted by atomic mass is 32.1. The molecule has 0 bridgehead atoms. The van der Waals surface area contributed by atoms with Crippen molar-refractivity contribution in [2.75, 3.05) is 0 Å². The van der Waals surface area contributed by atoms with E-state index in [0.717, 1.165) is 17.1 Å². The van der Waals surface area contributed by atoms with E-state index in [9.17, 15) is 8.78 Å². The van der Waals surface area contributed by atoms with Crippen molar-refractivity contribution in [3.05, 3.63) is 51.5 Å². The third kappa shape index (κ3) is 2.88. The molecule has 0 aliphatic rings. The Morgan fingerprint density at radius 2 is 2.00 bits per heavy atom. The van der Waals surface area contributed by atoms with Gasteiger partial charge >= 0.3 is 0 Å². The number of nitrogens with zero attached hydrogens (tertiary/aromatic N) is 2. The monoisotopic (exact) mass is 265 g/mol. The summed E-state index contributed by atoms with van der Waals surface area (Å²) in [7, 11) is 0. The summed E-state index contributed by atoms with van der Waals surface area (Å²) in [6, 6.07) is 3.77. The van der Waals surface area contributed by atoms with Gasteiger partial charge in [0.15, 0.2) is 0 Å². The first-order valence-corrected chi connectivity index (χ1v) is 6.06. The van der Waals surface area contributed by atoms with E-state index in [4.69, 9.17) is 5.26 Å². The number of thiazole rings is 1. The number of halogens is 2. The van der Waals surface area contributed by atoms with E-state index in [1.165, 1.54) is 11.3 Å². The topological polar surface area (TPSA) is 48.7 Å². The Morgan fingerprint density at radius 1 is 1.28 bits per heavy atom. The van der Waals surface area contributed by atoms with Crippen LogP contribution in [0.5, 0.6) is 0 Å². The highest BCUT2D eigenvalue weighted by Crippen LogP contribution is 2.15. The van der Waals surface area contributed by atoms with Crippen molar-refractivity contribution in [2.45, 2.75) is 13.1 Å². The predicted molar refractivity (Wildman–Crippen MR) is 63.7 cm³/mol. The van der Waals surface area contributed by atoms with Gasteiger partial charge in [0.2, 0.25) is 0 Å². The van der Waals surface area contributed by atoms with Crippen LogP contribution in [0, 0.1) is 23.0 Å². The van der Waals surface area contributed by atoms with Crippen LogP contribution in [0.25, 0.3) is 0 Å². The fraction of sp³-hybridized carbons (Fsp3) is 0.167. The van der Waals surface area contributed by atoms with Crippen LogP contribution in [0.4, 0.5) is 8.78 Å². The van der Waals surface area contributed by atoms with Crippen molar-refractivity contribution >= 4 is 11.3 Å². The Balaban J connectivity index is 2.03. The molecule has 0 aliphatic heterocycles. The second-order valence-electron chi connectivity index (χ2n) is 3.56. The van der Waals surface area contributed by atoms with Crippen molar-refractivity contribution in [2.24, 2.45) is 0 Å². The number of hydrogen-bond acceptors (Lipinski definition) is 4. The Labute approximate surface area is 107 Å². The lowest BCUT2D eigenvalue weighted by Gasteiger charge is -2.06. The van der Waals surface area contributed by atoms with Crippen molar-refractivity contribution in [3.8, 4) is 6.07 Å². The van der Waals surface area contributed by atoms with Gasteiger partial charge in [0.1, 0.15) is 16.6 Å². The minimum absolute atomic E-state index is 0.0197. The summed E-state index contributed by atoms with van der Waals surface area (Å²) >= 11 is 1.47. The van der Waals surface area contributed by atoms with E-state index in [1.807, 2.05) is 5.38 Å². The van der Waals surface area contributed by atoms with Gasteiger partial charge in [0.25, 0.3) is 0 Å². The van der Waals surface area contributed by atoms with Crippen LogP contribution in [0.1, 0.15) is 16.1 Å². The minimum atomic E-state index is -0.710. The van der Waals surface area contributed by atoms with Crippen molar-refractivity contribution in [3.63, 3.8) is 0 Å². The quantitative estimate of drug-likeness (QED) is 0.924. The molecule has 6 heteroatoms. The van der Waals surface area contributed by atoms with Gasteiger partial charge in [0, 0.05) is 30.2 Å². The van der Waals surface area contributed by atoms with Gasteiger partial charge in [0.05, 0.1) is 11.6 Å². The number of nitrogens with one attached hydrogen (secondary N) is 1. The third-order valence-electron chi connectivity index (χ3n) is 2.33. The Kier molecular flexibility index (Phi) is 3.97. The molecule has 1 aromatic heterocycles. The maximum Gasteiger partial charge on any atom is 0.131 e. The molecule has 0 saturated carbocycles. The lowest BCUT2D eigenvalue weighted by molar-refractivity contribution is 0.534. The zero-order chi connectivity index (χ0) is 13.0. The average molecular weight is 265 g/mol. The molecule has 2 rings (SSSR count). The number of aromatic nitrogens is 1. The summed E-state index contributed by atoms with van der Waals surface area (Å²) in [6.07, 6.45) is 1.67. The highest BCUT2D eigenvalue weighted by molar-refractivity contribution is 7.09. The van der Waals surface area contributed by atoms with Crippen molar-refractivity contribution in [1.82, 2.24) is 10.3 Å². The van der Waals surface area contributed by atoms with E-state index in [0.29, 0.717) is 6.54 Å². The van der Waals surface area contributed by atoms with E-state index in [1.54, 1.807) is 12.3 Å². The van der Waals surface area contributed by atoms with Gasteiger partial charge in [-0.2, -0.15) is 5.26 Å². The minimum Gasteiger partial charge on any atom is -0.306 e. The molecule has 0 amide bonds. The van der Waals surface area contributed by atoms with Crippen LogP contribution in [-0.4, -0.2) is 4.98 Å². The first kappa shape index (κ1) is 12.6. The van der Waals surface area contributed by atoms with Crippen molar-refractivity contribution in [1.29, 1.82) is 5.26 Å². The number of nitriles is 1. The Bertz CT molecular complexity index is 552. The molecule has 0 aliphatic carbocycles. The summed E-state index contributed by atoms with van der Waals surface area (Å²) in [6.45, 7) is 0.513. The summed E-state index contributed by atoms with van der Waals surface area (Å²) in [4.78, 5) is 4.05. The van der Waals surface area contributed by atoms with Gasteiger partial charge in [-0.1, -0.05) is 0 Å². The fourth-order valence-corrected chi connectivity index (χ4v) is 2.06. The predicted octanol–water partition coefficient (Wildman–Crippen LogP) is 2.58. The Hall–Kier alpha value is -1.84. The van der Waals surface area contributed by atoms with Crippen LogP contribution in [-0.2, 0) is 13.1 Å². The molecule has 92 valence electrons. The number of hydrogen-bond donors (Lipinski definition) is 1. The van der Waals surface area contributed by atoms with Crippen LogP contribution in [0.15, 0.2) is 23.7 Å². The van der Waals surface area contributed by atoms with Gasteiger partial charge in [-0.15, -0.1) is 11.3 Å². The van der Waals surface area contributed by atoms with Gasteiger partial charge < -0.3 is 5.32 Å². The first-order valence-electron chi connectivity index (χ1n) is 5.18. The fourth-order valence-electron chi connectivity index (χ4n) is 1.47. The van der Waals surface area contributed by atoms with E-state index < -0.39 is 11.6 Å². The molecule has 1 N–H and O–H groups in total. The number of rotatable bonds is 4. The number of benzene rings is 1. The molecule has 0 atom stereocenters. The van der Waals surface area contributed by atoms with Crippen LogP contribution in [0.3, 0.4) is 0 Å². The summed E-state index contributed by atoms with van der Waals surface area (Å²) < 4.78 is 27.0. The first-order chi connectivity index (χ1) is 8.70. The van der Waals surface area contributed by atoms with Gasteiger partial charge in [-0.25, -0.2) is 13.8 Å². The zero-order valence-electron chi connectivity index (χ0n) is 9.28. The van der Waals surface area contributed by atoms with E-state index in [2.05, 4.69) is 10.3 Å². The van der Waals surface area contributed by atoms with Crippen LogP contribution in [0.2, 0.25) is 0 Å². The second kappa shape index (κ2) is 5.67. The third-order valence-corrected chi connectivity index (χ3v) is 3.11. The molecule has 2 aromatic rings. The van der Waals surface area contributed by atoms with Gasteiger partial charge in [-0.3, -0.25) is 0 Å². The molecule has 0 unspecified atom stereocenters. The summed E-state index contributed by atoms with van der Waals surface area (Å²) in [5.41, 5.74) is -0.0840. The SMILES string of the molecule is N#Cc1cc(F)c(CNCc2nccs2)c(F)c1. The molecule has 3 nitrogen and oxygen atoms in total. The van der Waals surface area contributed by atoms with E-state index >= 15 is 0 Å². The van der Waals surface area contributed by atoms with E-state index in [-0.39, 0.29) is 17.7 Å². The molecule has 0 fully saturated rings. The van der Waals surface area contributed by atoms with Crippen LogP contribution < -0.4 is 5.32 Å². The van der Waals surface area contributed by atoms with Crippen LogP contribution >= 0.6 is 11.3 Å². The maximum absolute atomic E-state index is 13.5. The normalized spacial score (nSPS) is 10.3. The highest BCUT2D eigenvalue weighted by Gasteiger charge is 2.10. The molecule has 1 heterocycles. The maximum atomic E-state index is 13.5. The Morgan fingerprint density at radius 3 is 2.56 bits per heavy atom. The second-order valence-corrected chi connectivity index (χ2v) is 4.54. The smallest absolute Gasteiger partial charge is 0.131 e. The zero-order valence-corrected chi connectivity index (χ0v) is 10.1. The molecule has 0 radical (unpaired) electrons. The molecule has 18 heavy (non-hydrogen) atoms. The van der Waals surface area contributed by atoms with Gasteiger partial charge in [-0.05, 0) is 12.1 Å². The average Bonchev–Trinajstić information content (AvgIpc) is 2.85. The molecular weight excluding hydrogens is 256 g/mol. The lowest BCUT2D eigenvalue weighted by atomic mass is 10.1. The largest absolute Gasteiger partial charge is 0.306 e. The standard InChI is InChI=1S/C12H9F2N3S/c13-10-3-8(5-15)4-11(14)9(10)6-16-7-12-17-1-2-18-12/h1-4,16H,6-7H2. The molecule has 1 aromatic carbocycles. The van der Waals surface area contributed by atoms with Crippen molar-refractivity contribution < 1.29 is 8.78 Å². The molecule has 0 saturated heterocycles. The lowest BCUT2D eigenvalue weighted by Crippen LogP contribution is -2.15. The summed E-state index contributed by atoms with van der Waals surface area (Å²) in [5, 5.41) is 14.2. The molecule has 0 spiro atoms. The summed E-state index contributed by atoms with van der Waals surface area (Å²) in [5.74, 6) is -1.42. The molecular formula is C12H9F2N3S.